The molecule has 1 fully saturated rings. The summed E-state index contributed by atoms with van der Waals surface area (Å²) in [5.74, 6) is 1.51. The highest BCUT2D eigenvalue weighted by Crippen LogP contribution is 2.32. The van der Waals surface area contributed by atoms with Crippen molar-refractivity contribution >= 4 is 10.9 Å². The Kier molecular flexibility index (Phi) is 3.69. The smallest absolute Gasteiger partial charge is 0.261 e. The summed E-state index contributed by atoms with van der Waals surface area (Å²) in [4.78, 5) is 24.2. The lowest BCUT2D eigenvalue weighted by atomic mass is 10.1. The summed E-state index contributed by atoms with van der Waals surface area (Å²) in [6.45, 7) is 3.53. The van der Waals surface area contributed by atoms with Crippen LogP contribution < -0.4 is 5.56 Å². The van der Waals surface area contributed by atoms with Gasteiger partial charge in [0.2, 0.25) is 0 Å². The van der Waals surface area contributed by atoms with Crippen LogP contribution in [0, 0.1) is 6.92 Å². The summed E-state index contributed by atoms with van der Waals surface area (Å²) in [5.41, 5.74) is 1.70. The second kappa shape index (κ2) is 5.87. The zero-order chi connectivity index (χ0) is 16.7. The van der Waals surface area contributed by atoms with Gasteiger partial charge in [0.1, 0.15) is 12.1 Å². The molecule has 124 valence electrons. The maximum Gasteiger partial charge on any atom is 0.261 e. The zero-order valence-electron chi connectivity index (χ0n) is 13.9. The molecule has 1 aromatic carbocycles. The van der Waals surface area contributed by atoms with Crippen molar-refractivity contribution in [2.75, 3.05) is 6.54 Å². The zero-order valence-corrected chi connectivity index (χ0v) is 13.9. The Morgan fingerprint density at radius 3 is 2.92 bits per heavy atom. The van der Waals surface area contributed by atoms with Crippen molar-refractivity contribution in [2.24, 2.45) is 7.05 Å². The minimum Gasteiger partial charge on any atom is -0.449 e. The third-order valence-corrected chi connectivity index (χ3v) is 4.71. The Morgan fingerprint density at radius 2 is 2.12 bits per heavy atom. The lowest BCUT2D eigenvalue weighted by Crippen LogP contribution is -2.30. The van der Waals surface area contributed by atoms with Crippen LogP contribution in [0.25, 0.3) is 10.9 Å². The van der Waals surface area contributed by atoms with Gasteiger partial charge in [0, 0.05) is 20.5 Å². The van der Waals surface area contributed by atoms with Crippen LogP contribution in [-0.2, 0) is 13.6 Å². The normalized spacial score (nSPS) is 18.5. The van der Waals surface area contributed by atoms with E-state index in [0.717, 1.165) is 36.4 Å². The van der Waals surface area contributed by atoms with Crippen molar-refractivity contribution in [3.63, 3.8) is 0 Å². The molecule has 4 rings (SSSR count). The van der Waals surface area contributed by atoms with Crippen LogP contribution in [0.3, 0.4) is 0 Å². The number of hydrogen-bond acceptors (Lipinski definition) is 5. The number of benzene rings is 1. The van der Waals surface area contributed by atoms with Crippen molar-refractivity contribution in [1.29, 1.82) is 0 Å². The van der Waals surface area contributed by atoms with Gasteiger partial charge in [-0.2, -0.15) is 0 Å². The van der Waals surface area contributed by atoms with Crippen molar-refractivity contribution in [3.8, 4) is 0 Å². The Balaban J connectivity index is 1.73. The molecule has 0 spiro atoms. The van der Waals surface area contributed by atoms with Crippen LogP contribution in [0.5, 0.6) is 0 Å². The van der Waals surface area contributed by atoms with Crippen molar-refractivity contribution < 1.29 is 4.42 Å². The Labute approximate surface area is 139 Å². The minimum atomic E-state index is 0.0136. The SMILES string of the molecule is Cc1nc(CN2CCCC2c2nc3ccccc3c(=O)n2C)co1. The summed E-state index contributed by atoms with van der Waals surface area (Å²) in [5, 5.41) is 0.667. The molecule has 1 aliphatic heterocycles. The molecule has 0 radical (unpaired) electrons. The Morgan fingerprint density at radius 1 is 1.29 bits per heavy atom. The number of aryl methyl sites for hydroxylation is 1. The summed E-state index contributed by atoms with van der Waals surface area (Å²) in [6, 6.07) is 7.66. The van der Waals surface area contributed by atoms with Gasteiger partial charge in [-0.1, -0.05) is 12.1 Å². The van der Waals surface area contributed by atoms with Crippen LogP contribution in [-0.4, -0.2) is 26.0 Å². The fraction of sp³-hybridized carbons (Fsp3) is 0.389. The first kappa shape index (κ1) is 15.1. The molecule has 0 amide bonds. The third-order valence-electron chi connectivity index (χ3n) is 4.71. The fourth-order valence-electron chi connectivity index (χ4n) is 3.53. The van der Waals surface area contributed by atoms with E-state index >= 15 is 0 Å². The van der Waals surface area contributed by atoms with E-state index in [1.54, 1.807) is 10.8 Å². The summed E-state index contributed by atoms with van der Waals surface area (Å²) >= 11 is 0. The molecule has 1 aliphatic rings. The maximum atomic E-state index is 12.7. The molecule has 0 bridgehead atoms. The molecule has 6 heteroatoms. The monoisotopic (exact) mass is 324 g/mol. The Hall–Kier alpha value is -2.47. The maximum absolute atomic E-state index is 12.7. The molecule has 3 aromatic rings. The first-order valence-corrected chi connectivity index (χ1v) is 8.24. The molecular weight excluding hydrogens is 304 g/mol. The third kappa shape index (κ3) is 2.53. The first-order chi connectivity index (χ1) is 11.6. The topological polar surface area (TPSA) is 64.2 Å². The lowest BCUT2D eigenvalue weighted by molar-refractivity contribution is 0.232. The molecular formula is C18H20N4O2. The highest BCUT2D eigenvalue weighted by atomic mass is 16.3. The van der Waals surface area contributed by atoms with E-state index in [1.165, 1.54) is 0 Å². The molecule has 1 saturated heterocycles. The molecule has 1 unspecified atom stereocenters. The highest BCUT2D eigenvalue weighted by molar-refractivity contribution is 5.77. The van der Waals surface area contributed by atoms with E-state index in [4.69, 9.17) is 9.40 Å². The number of oxazole rings is 1. The molecule has 0 saturated carbocycles. The van der Waals surface area contributed by atoms with Crippen LogP contribution in [0.4, 0.5) is 0 Å². The van der Waals surface area contributed by atoms with Crippen molar-refractivity contribution in [1.82, 2.24) is 19.4 Å². The molecule has 3 heterocycles. The molecule has 0 aliphatic carbocycles. The van der Waals surface area contributed by atoms with E-state index in [2.05, 4.69) is 9.88 Å². The van der Waals surface area contributed by atoms with Gasteiger partial charge >= 0.3 is 0 Å². The quantitative estimate of drug-likeness (QED) is 0.741. The highest BCUT2D eigenvalue weighted by Gasteiger charge is 2.30. The van der Waals surface area contributed by atoms with E-state index in [1.807, 2.05) is 38.2 Å². The number of nitrogens with zero attached hydrogens (tertiary/aromatic N) is 4. The summed E-state index contributed by atoms with van der Waals surface area (Å²) in [7, 11) is 1.81. The van der Waals surface area contributed by atoms with E-state index in [9.17, 15) is 4.79 Å². The first-order valence-electron chi connectivity index (χ1n) is 8.24. The van der Waals surface area contributed by atoms with Gasteiger partial charge in [-0.05, 0) is 31.5 Å². The van der Waals surface area contributed by atoms with Crippen LogP contribution >= 0.6 is 0 Å². The van der Waals surface area contributed by atoms with Crippen molar-refractivity contribution in [3.05, 3.63) is 58.3 Å². The molecule has 6 nitrogen and oxygen atoms in total. The van der Waals surface area contributed by atoms with Gasteiger partial charge in [-0.15, -0.1) is 0 Å². The van der Waals surface area contributed by atoms with Crippen molar-refractivity contribution in [2.45, 2.75) is 32.4 Å². The summed E-state index contributed by atoms with van der Waals surface area (Å²) < 4.78 is 7.00. The second-order valence-electron chi connectivity index (χ2n) is 6.34. The molecule has 24 heavy (non-hydrogen) atoms. The lowest BCUT2D eigenvalue weighted by Gasteiger charge is -2.24. The largest absolute Gasteiger partial charge is 0.449 e. The van der Waals surface area contributed by atoms with Crippen LogP contribution in [0.15, 0.2) is 39.7 Å². The van der Waals surface area contributed by atoms with Gasteiger partial charge in [-0.25, -0.2) is 9.97 Å². The van der Waals surface area contributed by atoms with Gasteiger partial charge in [0.15, 0.2) is 5.89 Å². The standard InChI is InChI=1S/C18H20N4O2/c1-12-19-13(11-24-12)10-22-9-5-8-16(22)17-20-15-7-4-3-6-14(15)18(23)21(17)2/h3-4,6-7,11,16H,5,8-10H2,1-2H3. The number of para-hydroxylation sites is 1. The predicted molar refractivity (Wildman–Crippen MR) is 90.6 cm³/mol. The predicted octanol–water partition coefficient (Wildman–Crippen LogP) is 2.57. The van der Waals surface area contributed by atoms with E-state index in [-0.39, 0.29) is 11.6 Å². The van der Waals surface area contributed by atoms with Gasteiger partial charge < -0.3 is 4.42 Å². The van der Waals surface area contributed by atoms with Crippen LogP contribution in [0.1, 0.15) is 36.3 Å². The average molecular weight is 324 g/mol. The number of rotatable bonds is 3. The van der Waals surface area contributed by atoms with Gasteiger partial charge in [0.25, 0.3) is 5.56 Å². The molecule has 2 aromatic heterocycles. The second-order valence-corrected chi connectivity index (χ2v) is 6.34. The minimum absolute atomic E-state index is 0.0136. The molecule has 0 N–H and O–H groups in total. The van der Waals surface area contributed by atoms with Crippen LogP contribution in [0.2, 0.25) is 0 Å². The number of likely N-dealkylation sites (tertiary alicyclic amines) is 1. The van der Waals surface area contributed by atoms with Gasteiger partial charge in [-0.3, -0.25) is 14.3 Å². The number of fused-ring (bicyclic) bond motifs is 1. The fourth-order valence-corrected chi connectivity index (χ4v) is 3.53. The summed E-state index contributed by atoms with van der Waals surface area (Å²) in [6.07, 6.45) is 3.79. The van der Waals surface area contributed by atoms with E-state index in [0.29, 0.717) is 17.8 Å². The van der Waals surface area contributed by atoms with Gasteiger partial charge in [0.05, 0.1) is 22.6 Å². The molecule has 1 atom stereocenters. The Bertz CT molecular complexity index is 944. The number of hydrogen-bond donors (Lipinski definition) is 0. The number of aromatic nitrogens is 3. The average Bonchev–Trinajstić information content (AvgIpc) is 3.20. The van der Waals surface area contributed by atoms with E-state index < -0.39 is 0 Å².